The molecule has 1 N–H and O–H groups in total. The summed E-state index contributed by atoms with van der Waals surface area (Å²) in [7, 11) is 0. The van der Waals surface area contributed by atoms with Gasteiger partial charge in [-0.1, -0.05) is 38.1 Å². The third-order valence-electron chi connectivity index (χ3n) is 10.1. The van der Waals surface area contributed by atoms with Crippen LogP contribution in [0.15, 0.2) is 42.7 Å². The smallest absolute Gasteiger partial charge is 0.337 e. The first-order valence-electron chi connectivity index (χ1n) is 17.7. The van der Waals surface area contributed by atoms with Crippen LogP contribution in [-0.2, 0) is 35.6 Å². The molecule has 4 aromatic rings. The van der Waals surface area contributed by atoms with Gasteiger partial charge in [0.1, 0.15) is 18.0 Å². The second kappa shape index (κ2) is 13.9. The SMILES string of the molecule is Cc1ncn(Cc2nc(C)c([C@H](OC(C)(C)C)C(=O)O)c(N3CCC(C)(C)CC3)c2-c2ccc3c(c2)CCN(Cc2ccc(F)cc2C)C3)n1. The van der Waals surface area contributed by atoms with Crippen molar-refractivity contribution in [2.75, 3.05) is 24.5 Å². The van der Waals surface area contributed by atoms with Gasteiger partial charge in [-0.25, -0.2) is 18.9 Å². The fourth-order valence-electron chi connectivity index (χ4n) is 7.34. The van der Waals surface area contributed by atoms with Crippen molar-refractivity contribution in [1.82, 2.24) is 24.6 Å². The number of rotatable bonds is 9. The Labute approximate surface area is 295 Å². The molecule has 266 valence electrons. The van der Waals surface area contributed by atoms with E-state index in [1.165, 1.54) is 17.2 Å². The van der Waals surface area contributed by atoms with E-state index in [0.717, 1.165) is 85.6 Å². The van der Waals surface area contributed by atoms with E-state index in [1.807, 2.05) is 47.6 Å². The Morgan fingerprint density at radius 3 is 2.40 bits per heavy atom. The molecule has 0 bridgehead atoms. The highest BCUT2D eigenvalue weighted by Gasteiger charge is 2.37. The zero-order valence-electron chi connectivity index (χ0n) is 30.8. The molecule has 0 unspecified atom stereocenters. The van der Waals surface area contributed by atoms with Crippen LogP contribution in [0.4, 0.5) is 10.1 Å². The average Bonchev–Trinajstić information content (AvgIpc) is 3.44. The van der Waals surface area contributed by atoms with Gasteiger partial charge < -0.3 is 14.7 Å². The van der Waals surface area contributed by atoms with Gasteiger partial charge in [0.15, 0.2) is 6.10 Å². The van der Waals surface area contributed by atoms with E-state index in [0.29, 0.717) is 23.6 Å². The standard InChI is InChI=1S/C40H51FN6O3/c1-25-19-32(41)12-11-30(25)21-45-16-13-28-20-29(9-10-31(28)22-45)35-33(23-47-24-42-27(3)44-47)43-26(2)34(37(38(48)49)50-39(4,5)6)36(35)46-17-14-40(7,8)15-18-46/h9-12,19-20,24,37H,13-18,21-23H2,1-8H3,(H,48,49)/t37-/m0/s1. The van der Waals surface area contributed by atoms with Crippen LogP contribution < -0.4 is 4.90 Å². The number of aliphatic carboxylic acids is 1. The van der Waals surface area contributed by atoms with E-state index in [2.05, 4.69) is 51.9 Å². The van der Waals surface area contributed by atoms with Gasteiger partial charge in [0.25, 0.3) is 0 Å². The van der Waals surface area contributed by atoms with Crippen LogP contribution in [0.3, 0.4) is 0 Å². The maximum atomic E-state index is 13.8. The van der Waals surface area contributed by atoms with Crippen LogP contribution in [0.5, 0.6) is 0 Å². The van der Waals surface area contributed by atoms with Gasteiger partial charge in [0.2, 0.25) is 0 Å². The highest BCUT2D eigenvalue weighted by Crippen LogP contribution is 2.45. The van der Waals surface area contributed by atoms with Crippen molar-refractivity contribution in [2.24, 2.45) is 5.41 Å². The third kappa shape index (κ3) is 7.92. The van der Waals surface area contributed by atoms with E-state index in [4.69, 9.17) is 9.72 Å². The summed E-state index contributed by atoms with van der Waals surface area (Å²) in [6, 6.07) is 11.7. The average molecular weight is 683 g/mol. The van der Waals surface area contributed by atoms with Gasteiger partial charge in [0, 0.05) is 49.5 Å². The third-order valence-corrected chi connectivity index (χ3v) is 10.1. The van der Waals surface area contributed by atoms with E-state index >= 15 is 0 Å². The normalized spacial score (nSPS) is 17.1. The van der Waals surface area contributed by atoms with Gasteiger partial charge >= 0.3 is 5.97 Å². The molecule has 1 fully saturated rings. The Bertz CT molecular complexity index is 1880. The molecule has 0 amide bonds. The molecule has 1 saturated heterocycles. The highest BCUT2D eigenvalue weighted by atomic mass is 19.1. The molecule has 2 aliphatic heterocycles. The fourth-order valence-corrected chi connectivity index (χ4v) is 7.34. The van der Waals surface area contributed by atoms with Crippen LogP contribution in [0.25, 0.3) is 11.1 Å². The zero-order chi connectivity index (χ0) is 36.0. The van der Waals surface area contributed by atoms with E-state index in [-0.39, 0.29) is 11.2 Å². The van der Waals surface area contributed by atoms with Gasteiger partial charge in [-0.05, 0) is 106 Å². The number of piperidine rings is 1. The number of pyridine rings is 1. The molecule has 50 heavy (non-hydrogen) atoms. The molecule has 0 radical (unpaired) electrons. The minimum atomic E-state index is -1.20. The lowest BCUT2D eigenvalue weighted by molar-refractivity contribution is -0.160. The molecule has 0 aliphatic carbocycles. The minimum Gasteiger partial charge on any atom is -0.479 e. The Morgan fingerprint density at radius 1 is 1.02 bits per heavy atom. The molecule has 2 aliphatic rings. The second-order valence-corrected chi connectivity index (χ2v) is 15.9. The summed E-state index contributed by atoms with van der Waals surface area (Å²) >= 11 is 0. The summed E-state index contributed by atoms with van der Waals surface area (Å²) in [5.74, 6) is -0.560. The molecule has 0 spiro atoms. The molecular formula is C40H51FN6O3. The van der Waals surface area contributed by atoms with Crippen molar-refractivity contribution in [3.05, 3.63) is 93.6 Å². The van der Waals surface area contributed by atoms with Gasteiger partial charge in [-0.3, -0.25) is 9.88 Å². The first-order valence-corrected chi connectivity index (χ1v) is 17.7. The first-order chi connectivity index (χ1) is 23.6. The number of carboxylic acid groups (broad SMARTS) is 1. The topological polar surface area (TPSA) is 96.6 Å². The van der Waals surface area contributed by atoms with E-state index in [1.54, 1.807) is 17.1 Å². The summed E-state index contributed by atoms with van der Waals surface area (Å²) in [4.78, 5) is 27.4. The molecule has 1 atom stereocenters. The van der Waals surface area contributed by atoms with Crippen LogP contribution in [0.1, 0.15) is 98.6 Å². The van der Waals surface area contributed by atoms with Crippen LogP contribution >= 0.6 is 0 Å². The predicted molar refractivity (Wildman–Crippen MR) is 194 cm³/mol. The summed E-state index contributed by atoms with van der Waals surface area (Å²) < 4.78 is 21.9. The van der Waals surface area contributed by atoms with Gasteiger partial charge in [-0.15, -0.1) is 0 Å². The summed E-state index contributed by atoms with van der Waals surface area (Å²) in [5, 5.41) is 15.3. The Morgan fingerprint density at radius 2 is 1.76 bits per heavy atom. The Balaban J connectivity index is 1.49. The largest absolute Gasteiger partial charge is 0.479 e. The lowest BCUT2D eigenvalue weighted by Gasteiger charge is -2.41. The number of ether oxygens (including phenoxy) is 1. The van der Waals surface area contributed by atoms with E-state index < -0.39 is 17.7 Å². The number of hydrogen-bond donors (Lipinski definition) is 1. The van der Waals surface area contributed by atoms with Crippen molar-refractivity contribution in [2.45, 2.75) is 106 Å². The van der Waals surface area contributed by atoms with Gasteiger partial charge in [-0.2, -0.15) is 5.10 Å². The van der Waals surface area contributed by atoms with Crippen molar-refractivity contribution in [3.63, 3.8) is 0 Å². The molecule has 0 saturated carbocycles. The number of fused-ring (bicyclic) bond motifs is 1. The molecule has 10 heteroatoms. The lowest BCUT2D eigenvalue weighted by Crippen LogP contribution is -2.39. The fraction of sp³-hybridized carbons (Fsp3) is 0.500. The molecule has 2 aromatic heterocycles. The maximum Gasteiger partial charge on any atom is 0.337 e. The highest BCUT2D eigenvalue weighted by molar-refractivity contribution is 5.88. The van der Waals surface area contributed by atoms with Crippen LogP contribution in [-0.4, -0.2) is 61.0 Å². The molecule has 2 aromatic carbocycles. The minimum absolute atomic E-state index is 0.193. The second-order valence-electron chi connectivity index (χ2n) is 15.9. The molecular weight excluding hydrogens is 631 g/mol. The number of aryl methyl sites for hydroxylation is 3. The number of benzene rings is 2. The van der Waals surface area contributed by atoms with Crippen LogP contribution in [0, 0.1) is 32.0 Å². The monoisotopic (exact) mass is 682 g/mol. The van der Waals surface area contributed by atoms with Crippen molar-refractivity contribution in [3.8, 4) is 11.1 Å². The van der Waals surface area contributed by atoms with Crippen LogP contribution in [0.2, 0.25) is 0 Å². The van der Waals surface area contributed by atoms with E-state index in [9.17, 15) is 14.3 Å². The Hall–Kier alpha value is -4.15. The number of nitrogens with zero attached hydrogens (tertiary/aromatic N) is 6. The number of halogens is 1. The van der Waals surface area contributed by atoms with Crippen molar-refractivity contribution >= 4 is 11.7 Å². The number of hydrogen-bond acceptors (Lipinski definition) is 7. The molecule has 6 rings (SSSR count). The predicted octanol–water partition coefficient (Wildman–Crippen LogP) is 7.58. The zero-order valence-corrected chi connectivity index (χ0v) is 30.8. The van der Waals surface area contributed by atoms with Crippen molar-refractivity contribution in [1.29, 1.82) is 0 Å². The lowest BCUT2D eigenvalue weighted by atomic mass is 9.81. The quantitative estimate of drug-likeness (QED) is 0.193. The Kier molecular flexibility index (Phi) is 9.89. The summed E-state index contributed by atoms with van der Waals surface area (Å²) in [5.41, 5.74) is 9.02. The number of aromatic nitrogens is 4. The molecule has 4 heterocycles. The number of anilines is 1. The molecule has 9 nitrogen and oxygen atoms in total. The first kappa shape index (κ1) is 35.7. The summed E-state index contributed by atoms with van der Waals surface area (Å²) in [6.07, 6.45) is 3.35. The maximum absolute atomic E-state index is 13.8. The summed E-state index contributed by atoms with van der Waals surface area (Å²) in [6.45, 7) is 20.4. The van der Waals surface area contributed by atoms with Gasteiger partial charge in [0.05, 0.1) is 23.5 Å². The number of carbonyl (C=O) groups is 1. The number of carboxylic acids is 1. The van der Waals surface area contributed by atoms with Crippen molar-refractivity contribution < 1.29 is 19.0 Å².